The zero-order valence-corrected chi connectivity index (χ0v) is 16.9. The van der Waals surface area contributed by atoms with Gasteiger partial charge in [-0.2, -0.15) is 5.10 Å². The number of aromatic nitrogens is 3. The highest BCUT2D eigenvalue weighted by atomic mass is 16.5. The second kappa shape index (κ2) is 8.96. The number of ether oxygens (including phenoxy) is 1. The molecule has 154 valence electrons. The van der Waals surface area contributed by atoms with Gasteiger partial charge in [-0.05, 0) is 42.5 Å². The molecule has 2 N–H and O–H groups in total. The van der Waals surface area contributed by atoms with E-state index in [2.05, 4.69) is 10.4 Å². The van der Waals surface area contributed by atoms with E-state index < -0.39 is 0 Å². The molecule has 0 saturated heterocycles. The van der Waals surface area contributed by atoms with Gasteiger partial charge >= 0.3 is 0 Å². The monoisotopic (exact) mass is 411 g/mol. The molecule has 4 rings (SSSR count). The molecule has 2 aromatic carbocycles. The van der Waals surface area contributed by atoms with E-state index in [1.165, 1.54) is 12.1 Å². The Balaban J connectivity index is 1.76. The van der Waals surface area contributed by atoms with Gasteiger partial charge in [-0.15, -0.1) is 0 Å². The summed E-state index contributed by atoms with van der Waals surface area (Å²) in [5, 5.41) is 15.2. The normalized spacial score (nSPS) is 11.2. The highest BCUT2D eigenvalue weighted by Gasteiger charge is 2.13. The Kier molecular flexibility index (Phi) is 5.75. The Bertz CT molecular complexity index is 1280. The molecule has 0 spiro atoms. The second-order valence-corrected chi connectivity index (χ2v) is 6.66. The van der Waals surface area contributed by atoms with Crippen molar-refractivity contribution in [1.29, 1.82) is 5.41 Å². The lowest BCUT2D eigenvalue weighted by molar-refractivity contribution is 0.411. The minimum absolute atomic E-state index is 0.200. The maximum atomic E-state index is 12.6. The van der Waals surface area contributed by atoms with Crippen LogP contribution in [-0.2, 0) is 0 Å². The second-order valence-electron chi connectivity index (χ2n) is 6.66. The number of anilines is 1. The zero-order valence-electron chi connectivity index (χ0n) is 16.9. The molecule has 0 amide bonds. The molecule has 0 bridgehead atoms. The van der Waals surface area contributed by atoms with Crippen LogP contribution in [0.2, 0.25) is 0 Å². The van der Waals surface area contributed by atoms with E-state index in [1.807, 2.05) is 77.6 Å². The Labute approximate surface area is 179 Å². The summed E-state index contributed by atoms with van der Waals surface area (Å²) in [7, 11) is 1.60. The zero-order chi connectivity index (χ0) is 21.6. The standard InChI is InChI=1S/C24H21N5O2/c1-31-23-17-19(28-14-5-6-15-28)9-10-21(23)29-16-12-22(30)24(27-29)20(11-13-25)26-18-7-3-2-4-8-18/h2-17,25-26H,1H3/b20-11-,25-13?. The van der Waals surface area contributed by atoms with E-state index in [0.29, 0.717) is 17.1 Å². The quantitative estimate of drug-likeness (QED) is 0.448. The van der Waals surface area contributed by atoms with Crippen LogP contribution in [0.4, 0.5) is 5.69 Å². The third kappa shape index (κ3) is 4.30. The largest absolute Gasteiger partial charge is 0.494 e. The summed E-state index contributed by atoms with van der Waals surface area (Å²) < 4.78 is 9.17. The first-order valence-electron chi connectivity index (χ1n) is 9.64. The summed E-state index contributed by atoms with van der Waals surface area (Å²) in [5.41, 5.74) is 2.81. The third-order valence-corrected chi connectivity index (χ3v) is 4.68. The maximum absolute atomic E-state index is 12.6. The molecular formula is C24H21N5O2. The third-order valence-electron chi connectivity index (χ3n) is 4.68. The van der Waals surface area contributed by atoms with E-state index in [4.69, 9.17) is 10.1 Å². The van der Waals surface area contributed by atoms with E-state index in [0.717, 1.165) is 17.6 Å². The highest BCUT2D eigenvalue weighted by Crippen LogP contribution is 2.26. The topological polar surface area (TPSA) is 84.9 Å². The van der Waals surface area contributed by atoms with Gasteiger partial charge in [-0.3, -0.25) is 4.79 Å². The van der Waals surface area contributed by atoms with E-state index >= 15 is 0 Å². The molecule has 0 aliphatic rings. The number of hydrogen-bond acceptors (Lipinski definition) is 5. The average molecular weight is 411 g/mol. The number of para-hydroxylation sites is 1. The van der Waals surface area contributed by atoms with Gasteiger partial charge in [0.15, 0.2) is 5.69 Å². The molecule has 0 atom stereocenters. The molecule has 7 nitrogen and oxygen atoms in total. The van der Waals surface area contributed by atoms with Gasteiger partial charge in [0.05, 0.1) is 12.8 Å². The number of methoxy groups -OCH3 is 1. The number of benzene rings is 2. The lowest BCUT2D eigenvalue weighted by atomic mass is 10.2. The smallest absolute Gasteiger partial charge is 0.209 e. The Morgan fingerprint density at radius 1 is 1.03 bits per heavy atom. The first kappa shape index (κ1) is 19.9. The van der Waals surface area contributed by atoms with Crippen molar-refractivity contribution >= 4 is 17.6 Å². The van der Waals surface area contributed by atoms with Crippen LogP contribution < -0.4 is 15.5 Å². The lowest BCUT2D eigenvalue weighted by Crippen LogP contribution is -2.18. The molecule has 7 heteroatoms. The van der Waals surface area contributed by atoms with Crippen LogP contribution in [0.5, 0.6) is 5.75 Å². The number of rotatable bonds is 7. The molecule has 31 heavy (non-hydrogen) atoms. The Morgan fingerprint density at radius 2 is 1.81 bits per heavy atom. The van der Waals surface area contributed by atoms with Crippen molar-refractivity contribution < 1.29 is 4.74 Å². The van der Waals surface area contributed by atoms with Crippen molar-refractivity contribution in [2.24, 2.45) is 0 Å². The van der Waals surface area contributed by atoms with Crippen LogP contribution in [0.25, 0.3) is 17.1 Å². The minimum atomic E-state index is -0.254. The summed E-state index contributed by atoms with van der Waals surface area (Å²) in [6.07, 6.45) is 8.13. The summed E-state index contributed by atoms with van der Waals surface area (Å²) in [5.74, 6) is 0.613. The van der Waals surface area contributed by atoms with Crippen molar-refractivity contribution in [3.05, 3.63) is 107 Å². The predicted octanol–water partition coefficient (Wildman–Crippen LogP) is 4.13. The van der Waals surface area contributed by atoms with Crippen molar-refractivity contribution in [3.63, 3.8) is 0 Å². The van der Waals surface area contributed by atoms with Crippen LogP contribution in [0, 0.1) is 5.41 Å². The first-order chi connectivity index (χ1) is 15.2. The van der Waals surface area contributed by atoms with E-state index in [-0.39, 0.29) is 11.1 Å². The van der Waals surface area contributed by atoms with Gasteiger partial charge in [0.1, 0.15) is 11.4 Å². The van der Waals surface area contributed by atoms with Crippen LogP contribution in [0.3, 0.4) is 0 Å². The first-order valence-corrected chi connectivity index (χ1v) is 9.64. The molecule has 0 aliphatic heterocycles. The molecule has 0 radical (unpaired) electrons. The summed E-state index contributed by atoms with van der Waals surface area (Å²) >= 11 is 0. The maximum Gasteiger partial charge on any atom is 0.209 e. The van der Waals surface area contributed by atoms with Crippen molar-refractivity contribution in [1.82, 2.24) is 14.3 Å². The fraction of sp³-hybridized carbons (Fsp3) is 0.0417. The van der Waals surface area contributed by atoms with Crippen LogP contribution in [-0.4, -0.2) is 27.7 Å². The van der Waals surface area contributed by atoms with E-state index in [1.54, 1.807) is 18.0 Å². The molecule has 0 saturated carbocycles. The average Bonchev–Trinajstić information content (AvgIpc) is 3.35. The number of nitrogens with zero attached hydrogens (tertiary/aromatic N) is 3. The molecule has 0 fully saturated rings. The Hall–Kier alpha value is -4.39. The van der Waals surface area contributed by atoms with E-state index in [9.17, 15) is 4.79 Å². The molecule has 4 aromatic rings. The SMILES string of the molecule is COc1cc(-n2cccc2)ccc1-n1ccc(=O)c(/C(=C/C=N)Nc2ccccc2)n1. The fourth-order valence-electron chi connectivity index (χ4n) is 3.19. The van der Waals surface area contributed by atoms with Gasteiger partial charge in [0.25, 0.3) is 0 Å². The summed E-state index contributed by atoms with van der Waals surface area (Å²) in [6.45, 7) is 0. The molecular weight excluding hydrogens is 390 g/mol. The Morgan fingerprint density at radius 3 is 2.52 bits per heavy atom. The fourth-order valence-corrected chi connectivity index (χ4v) is 3.19. The number of hydrogen-bond donors (Lipinski definition) is 2. The van der Waals surface area contributed by atoms with Gasteiger partial charge < -0.3 is 20.0 Å². The molecule has 0 aliphatic carbocycles. The molecule has 2 aromatic heterocycles. The molecule has 0 unspecified atom stereocenters. The van der Waals surface area contributed by atoms with Crippen molar-refractivity contribution in [3.8, 4) is 17.1 Å². The number of nitrogens with one attached hydrogen (secondary N) is 2. The van der Waals surface area contributed by atoms with Crippen molar-refractivity contribution in [2.45, 2.75) is 0 Å². The van der Waals surface area contributed by atoms with Crippen molar-refractivity contribution in [2.75, 3.05) is 12.4 Å². The van der Waals surface area contributed by atoms with Gasteiger partial charge in [-0.25, -0.2) is 4.68 Å². The lowest BCUT2D eigenvalue weighted by Gasteiger charge is -2.15. The van der Waals surface area contributed by atoms with Crippen LogP contribution in [0.15, 0.2) is 96.2 Å². The predicted molar refractivity (Wildman–Crippen MR) is 123 cm³/mol. The number of allylic oxidation sites excluding steroid dienone is 1. The highest BCUT2D eigenvalue weighted by molar-refractivity contribution is 5.86. The minimum Gasteiger partial charge on any atom is -0.494 e. The van der Waals surface area contributed by atoms with Crippen LogP contribution in [0.1, 0.15) is 5.69 Å². The summed E-state index contributed by atoms with van der Waals surface area (Å²) in [6, 6.07) is 20.5. The van der Waals surface area contributed by atoms with Crippen LogP contribution >= 0.6 is 0 Å². The van der Waals surface area contributed by atoms with Gasteiger partial charge in [0, 0.05) is 48.3 Å². The summed E-state index contributed by atoms with van der Waals surface area (Å²) in [4.78, 5) is 12.6. The molecule has 2 heterocycles. The van der Waals surface area contributed by atoms with Gasteiger partial charge in [-0.1, -0.05) is 18.2 Å². The van der Waals surface area contributed by atoms with Gasteiger partial charge in [0.2, 0.25) is 5.43 Å².